The van der Waals surface area contributed by atoms with Gasteiger partial charge in [0, 0.05) is 29.7 Å². The summed E-state index contributed by atoms with van der Waals surface area (Å²) in [7, 11) is -1.24. The van der Waals surface area contributed by atoms with Crippen molar-refractivity contribution in [1.82, 2.24) is 10.6 Å². The van der Waals surface area contributed by atoms with Crippen LogP contribution in [0.1, 0.15) is 12.0 Å². The van der Waals surface area contributed by atoms with E-state index in [0.717, 1.165) is 12.0 Å². The molecule has 22 heavy (non-hydrogen) atoms. The summed E-state index contributed by atoms with van der Waals surface area (Å²) in [6, 6.07) is 5.36. The van der Waals surface area contributed by atoms with Crippen LogP contribution < -0.4 is 10.6 Å². The van der Waals surface area contributed by atoms with E-state index in [1.54, 1.807) is 13.1 Å². The third kappa shape index (κ3) is 5.34. The fourth-order valence-electron chi connectivity index (χ4n) is 2.38. The largest absolute Gasteiger partial charge is 0.356 e. The van der Waals surface area contributed by atoms with Crippen LogP contribution in [0.25, 0.3) is 0 Å². The van der Waals surface area contributed by atoms with Crippen molar-refractivity contribution in [2.45, 2.75) is 18.9 Å². The average Bonchev–Trinajstić information content (AvgIpc) is 2.75. The van der Waals surface area contributed by atoms with Gasteiger partial charge in [0.2, 0.25) is 0 Å². The number of nitrogens with zero attached hydrogens (tertiary/aromatic N) is 1. The second-order valence-electron chi connectivity index (χ2n) is 5.27. The molecule has 1 saturated heterocycles. The molecule has 2 rings (SSSR count). The quantitative estimate of drug-likeness (QED) is 0.632. The van der Waals surface area contributed by atoms with Gasteiger partial charge in [-0.3, -0.25) is 4.99 Å². The van der Waals surface area contributed by atoms with Gasteiger partial charge in [0.25, 0.3) is 0 Å². The lowest BCUT2D eigenvalue weighted by molar-refractivity contribution is 0.599. The van der Waals surface area contributed by atoms with Gasteiger partial charge in [-0.05, 0) is 36.6 Å². The maximum Gasteiger partial charge on any atom is 0.191 e. The Bertz CT molecular complexity index is 642. The number of benzene rings is 1. The minimum atomic E-state index is -2.90. The molecule has 1 atom stereocenters. The molecule has 1 aliphatic heterocycles. The lowest BCUT2D eigenvalue weighted by Crippen LogP contribution is -2.44. The molecule has 1 unspecified atom stereocenters. The van der Waals surface area contributed by atoms with Gasteiger partial charge in [-0.1, -0.05) is 23.2 Å². The number of aliphatic imine (C=N–C) groups is 1. The summed E-state index contributed by atoms with van der Waals surface area (Å²) < 4.78 is 22.9. The predicted octanol–water partition coefficient (Wildman–Crippen LogP) is 1.89. The molecule has 1 fully saturated rings. The molecule has 8 heteroatoms. The van der Waals surface area contributed by atoms with E-state index in [4.69, 9.17) is 23.2 Å². The zero-order valence-corrected chi connectivity index (χ0v) is 14.6. The van der Waals surface area contributed by atoms with Crippen molar-refractivity contribution in [3.8, 4) is 0 Å². The summed E-state index contributed by atoms with van der Waals surface area (Å²) in [4.78, 5) is 4.11. The first-order chi connectivity index (χ1) is 10.4. The molecular weight excluding hydrogens is 345 g/mol. The molecular formula is C14H19Cl2N3O2S. The van der Waals surface area contributed by atoms with E-state index in [0.29, 0.717) is 29.0 Å². The number of nitrogens with one attached hydrogen (secondary N) is 2. The maximum atomic E-state index is 11.4. The molecule has 0 bridgehead atoms. The van der Waals surface area contributed by atoms with E-state index in [2.05, 4.69) is 15.6 Å². The number of sulfone groups is 1. The van der Waals surface area contributed by atoms with Gasteiger partial charge in [-0.15, -0.1) is 0 Å². The Morgan fingerprint density at radius 2 is 2.00 bits per heavy atom. The highest BCUT2D eigenvalue weighted by molar-refractivity contribution is 7.91. The third-order valence-corrected chi connectivity index (χ3v) is 5.63. The van der Waals surface area contributed by atoms with Gasteiger partial charge in [0.1, 0.15) is 0 Å². The van der Waals surface area contributed by atoms with E-state index >= 15 is 0 Å². The molecule has 0 aliphatic carbocycles. The Morgan fingerprint density at radius 1 is 1.32 bits per heavy atom. The second-order valence-corrected chi connectivity index (χ2v) is 8.37. The van der Waals surface area contributed by atoms with Crippen molar-refractivity contribution >= 4 is 39.0 Å². The van der Waals surface area contributed by atoms with Crippen LogP contribution in [0.4, 0.5) is 0 Å². The summed E-state index contributed by atoms with van der Waals surface area (Å²) in [5.74, 6) is 1.01. The Balaban J connectivity index is 1.82. The molecule has 122 valence electrons. The van der Waals surface area contributed by atoms with E-state index in [9.17, 15) is 8.42 Å². The lowest BCUT2D eigenvalue weighted by Gasteiger charge is -2.16. The molecule has 0 radical (unpaired) electrons. The number of rotatable bonds is 4. The first-order valence-corrected chi connectivity index (χ1v) is 9.58. The molecule has 0 aromatic heterocycles. The van der Waals surface area contributed by atoms with Crippen LogP contribution in [0.3, 0.4) is 0 Å². The second kappa shape index (κ2) is 7.53. The molecule has 1 aliphatic rings. The van der Waals surface area contributed by atoms with Crippen LogP contribution in [-0.4, -0.2) is 45.5 Å². The van der Waals surface area contributed by atoms with Crippen LogP contribution in [-0.2, 0) is 16.3 Å². The van der Waals surface area contributed by atoms with Crippen molar-refractivity contribution in [3.05, 3.63) is 33.8 Å². The van der Waals surface area contributed by atoms with Crippen molar-refractivity contribution < 1.29 is 8.42 Å². The molecule has 2 N–H and O–H groups in total. The van der Waals surface area contributed by atoms with Crippen molar-refractivity contribution in [1.29, 1.82) is 0 Å². The molecule has 0 spiro atoms. The SMILES string of the molecule is CN=C(NCCc1cc(Cl)cc(Cl)c1)NC1CCS(=O)(=O)C1. The zero-order valence-electron chi connectivity index (χ0n) is 12.3. The highest BCUT2D eigenvalue weighted by atomic mass is 35.5. The topological polar surface area (TPSA) is 70.6 Å². The van der Waals surface area contributed by atoms with Crippen LogP contribution in [0.15, 0.2) is 23.2 Å². The van der Waals surface area contributed by atoms with Gasteiger partial charge in [-0.2, -0.15) is 0 Å². The van der Waals surface area contributed by atoms with E-state index in [1.807, 2.05) is 12.1 Å². The lowest BCUT2D eigenvalue weighted by atomic mass is 10.1. The first kappa shape index (κ1) is 17.4. The van der Waals surface area contributed by atoms with Gasteiger partial charge < -0.3 is 10.6 Å². The molecule has 1 aromatic carbocycles. The van der Waals surface area contributed by atoms with E-state index in [-0.39, 0.29) is 17.5 Å². The van der Waals surface area contributed by atoms with Crippen molar-refractivity contribution in [2.24, 2.45) is 4.99 Å². The van der Waals surface area contributed by atoms with Gasteiger partial charge in [0.05, 0.1) is 11.5 Å². The highest BCUT2D eigenvalue weighted by Crippen LogP contribution is 2.19. The highest BCUT2D eigenvalue weighted by Gasteiger charge is 2.28. The van der Waals surface area contributed by atoms with Gasteiger partial charge >= 0.3 is 0 Å². The third-order valence-electron chi connectivity index (χ3n) is 3.43. The summed E-state index contributed by atoms with van der Waals surface area (Å²) in [5.41, 5.74) is 1.03. The zero-order chi connectivity index (χ0) is 16.2. The average molecular weight is 364 g/mol. The number of hydrogen-bond acceptors (Lipinski definition) is 3. The molecule has 0 amide bonds. The Morgan fingerprint density at radius 3 is 2.55 bits per heavy atom. The fraction of sp³-hybridized carbons (Fsp3) is 0.500. The summed E-state index contributed by atoms with van der Waals surface area (Å²) in [5, 5.41) is 7.53. The summed E-state index contributed by atoms with van der Waals surface area (Å²) in [6.45, 7) is 0.649. The minimum Gasteiger partial charge on any atom is -0.356 e. The van der Waals surface area contributed by atoms with Gasteiger partial charge in [0.15, 0.2) is 15.8 Å². The summed E-state index contributed by atoms with van der Waals surface area (Å²) in [6.07, 6.45) is 1.36. The first-order valence-electron chi connectivity index (χ1n) is 7.00. The van der Waals surface area contributed by atoms with Crippen LogP contribution in [0.2, 0.25) is 10.0 Å². The number of hydrogen-bond donors (Lipinski definition) is 2. The fourth-order valence-corrected chi connectivity index (χ4v) is 4.62. The van der Waals surface area contributed by atoms with Crippen molar-refractivity contribution in [3.63, 3.8) is 0 Å². The molecule has 0 saturated carbocycles. The predicted molar refractivity (Wildman–Crippen MR) is 91.7 cm³/mol. The molecule has 1 aromatic rings. The standard InChI is InChI=1S/C14H19Cl2N3O2S/c1-17-14(19-13-3-5-22(20,21)9-13)18-4-2-10-6-11(15)8-12(16)7-10/h6-8,13H,2-5,9H2,1H3,(H2,17,18,19). The minimum absolute atomic E-state index is 0.0724. The summed E-state index contributed by atoms with van der Waals surface area (Å²) >= 11 is 11.9. The van der Waals surface area contributed by atoms with Crippen LogP contribution in [0.5, 0.6) is 0 Å². The smallest absolute Gasteiger partial charge is 0.191 e. The molecule has 1 heterocycles. The maximum absolute atomic E-state index is 11.4. The number of halogens is 2. The molecule has 5 nitrogen and oxygen atoms in total. The Kier molecular flexibility index (Phi) is 5.94. The van der Waals surface area contributed by atoms with Gasteiger partial charge in [-0.25, -0.2) is 8.42 Å². The van der Waals surface area contributed by atoms with Crippen LogP contribution in [0, 0.1) is 0 Å². The normalized spacial score (nSPS) is 20.9. The van der Waals surface area contributed by atoms with Crippen molar-refractivity contribution in [2.75, 3.05) is 25.1 Å². The van der Waals surface area contributed by atoms with Crippen LogP contribution >= 0.6 is 23.2 Å². The van der Waals surface area contributed by atoms with E-state index in [1.165, 1.54) is 0 Å². The Labute approximate surface area is 141 Å². The Hall–Kier alpha value is -0.980. The van der Waals surface area contributed by atoms with E-state index < -0.39 is 9.84 Å². The monoisotopic (exact) mass is 363 g/mol. The number of guanidine groups is 1.